The molecule has 2 heterocycles. The van der Waals surface area contributed by atoms with Crippen LogP contribution in [0.3, 0.4) is 0 Å². The fourth-order valence-electron chi connectivity index (χ4n) is 4.05. The minimum atomic E-state index is -3.87. The maximum Gasteiger partial charge on any atom is 0.309 e. The number of esters is 1. The first-order chi connectivity index (χ1) is 16.0. The van der Waals surface area contributed by atoms with Gasteiger partial charge in [-0.15, -0.1) is 0 Å². The van der Waals surface area contributed by atoms with Gasteiger partial charge in [-0.05, 0) is 31.9 Å². The number of rotatable bonds is 7. The van der Waals surface area contributed by atoms with Crippen LogP contribution in [0.5, 0.6) is 0 Å². The number of amides is 1. The molecular formula is C21H30N4O8S. The van der Waals surface area contributed by atoms with Crippen LogP contribution in [0.15, 0.2) is 23.1 Å². The predicted octanol–water partition coefficient (Wildman–Crippen LogP) is 0.852. The lowest BCUT2D eigenvalue weighted by atomic mass is 9.96. The van der Waals surface area contributed by atoms with Crippen molar-refractivity contribution in [1.82, 2.24) is 9.21 Å². The Labute approximate surface area is 198 Å². The number of nitro groups is 1. The highest BCUT2D eigenvalue weighted by molar-refractivity contribution is 7.89. The lowest BCUT2D eigenvalue weighted by Crippen LogP contribution is -2.41. The molecule has 1 aromatic carbocycles. The van der Waals surface area contributed by atoms with E-state index < -0.39 is 32.9 Å². The summed E-state index contributed by atoms with van der Waals surface area (Å²) in [5, 5.41) is 11.8. The third-order valence-corrected chi connectivity index (χ3v) is 7.90. The number of piperidine rings is 1. The van der Waals surface area contributed by atoms with E-state index in [1.807, 2.05) is 0 Å². The van der Waals surface area contributed by atoms with Crippen molar-refractivity contribution in [1.29, 1.82) is 0 Å². The van der Waals surface area contributed by atoms with Gasteiger partial charge in [-0.2, -0.15) is 4.31 Å². The molecule has 0 saturated carbocycles. The van der Waals surface area contributed by atoms with Crippen LogP contribution in [0.1, 0.15) is 19.8 Å². The highest BCUT2D eigenvalue weighted by Gasteiger charge is 2.33. The highest BCUT2D eigenvalue weighted by Crippen LogP contribution is 2.34. The molecule has 1 aromatic rings. The third-order valence-electron chi connectivity index (χ3n) is 6.00. The Bertz CT molecular complexity index is 1030. The average Bonchev–Trinajstić information content (AvgIpc) is 2.83. The number of sulfonamides is 1. The largest absolute Gasteiger partial charge is 0.452 e. The van der Waals surface area contributed by atoms with E-state index in [0.717, 1.165) is 6.07 Å². The standard InChI is InChI=1S/C21H30N4O8S/c1-15(20(26)22(2)3)33-21(27)16-6-8-23(9-7-16)18-5-4-17(14-19(18)25(28)29)34(30,31)24-10-12-32-13-11-24/h4-5,14-16H,6-13H2,1-3H3. The lowest BCUT2D eigenvalue weighted by molar-refractivity contribution is -0.384. The van der Waals surface area contributed by atoms with Crippen molar-refractivity contribution < 1.29 is 32.4 Å². The normalized spacial score (nSPS) is 18.9. The second-order valence-corrected chi connectivity index (χ2v) is 10.4. The zero-order valence-electron chi connectivity index (χ0n) is 19.5. The second-order valence-electron chi connectivity index (χ2n) is 8.50. The summed E-state index contributed by atoms with van der Waals surface area (Å²) in [6, 6.07) is 3.92. The van der Waals surface area contributed by atoms with Gasteiger partial charge in [0.1, 0.15) is 5.69 Å². The molecule has 12 nitrogen and oxygen atoms in total. The van der Waals surface area contributed by atoms with Crippen molar-refractivity contribution in [3.63, 3.8) is 0 Å². The molecule has 34 heavy (non-hydrogen) atoms. The molecule has 188 valence electrons. The number of ether oxygens (including phenoxy) is 2. The number of anilines is 1. The molecule has 1 amide bonds. The molecule has 0 N–H and O–H groups in total. The van der Waals surface area contributed by atoms with Crippen molar-refractivity contribution >= 4 is 33.3 Å². The van der Waals surface area contributed by atoms with E-state index in [0.29, 0.717) is 31.6 Å². The van der Waals surface area contributed by atoms with Crippen LogP contribution < -0.4 is 4.90 Å². The van der Waals surface area contributed by atoms with E-state index in [2.05, 4.69) is 0 Å². The first-order valence-corrected chi connectivity index (χ1v) is 12.5. The SMILES string of the molecule is CC(OC(=O)C1CCN(c2ccc(S(=O)(=O)N3CCOCC3)cc2[N+](=O)[O-])CC1)C(=O)N(C)C. The van der Waals surface area contributed by atoms with Gasteiger partial charge in [0.25, 0.3) is 11.6 Å². The molecule has 1 unspecified atom stereocenters. The van der Waals surface area contributed by atoms with Gasteiger partial charge in [-0.25, -0.2) is 8.42 Å². The molecule has 2 aliphatic rings. The minimum absolute atomic E-state index is 0.136. The number of hydrogen-bond acceptors (Lipinski definition) is 9. The van der Waals surface area contributed by atoms with Crippen molar-refractivity contribution in [2.24, 2.45) is 5.92 Å². The van der Waals surface area contributed by atoms with E-state index >= 15 is 0 Å². The molecule has 0 radical (unpaired) electrons. The molecule has 0 bridgehead atoms. The number of hydrogen-bond donors (Lipinski definition) is 0. The summed E-state index contributed by atoms with van der Waals surface area (Å²) in [5.41, 5.74) is -0.00513. The zero-order valence-corrected chi connectivity index (χ0v) is 20.3. The molecule has 2 fully saturated rings. The van der Waals surface area contributed by atoms with Gasteiger partial charge in [0.15, 0.2) is 6.10 Å². The first kappa shape index (κ1) is 25.8. The van der Waals surface area contributed by atoms with Gasteiger partial charge in [0.05, 0.1) is 29.0 Å². The van der Waals surface area contributed by atoms with Gasteiger partial charge in [-0.1, -0.05) is 0 Å². The summed E-state index contributed by atoms with van der Waals surface area (Å²) < 4.78 is 37.5. The van der Waals surface area contributed by atoms with Crippen molar-refractivity contribution in [3.05, 3.63) is 28.3 Å². The van der Waals surface area contributed by atoms with Gasteiger partial charge >= 0.3 is 5.97 Å². The van der Waals surface area contributed by atoms with E-state index in [9.17, 15) is 28.1 Å². The van der Waals surface area contributed by atoms with Crippen LogP contribution in [-0.4, -0.2) is 94.0 Å². The number of morpholine rings is 1. The maximum atomic E-state index is 12.9. The number of carbonyl (C=O) groups excluding carboxylic acids is 2. The number of carbonyl (C=O) groups is 2. The Hall–Kier alpha value is -2.77. The van der Waals surface area contributed by atoms with Crippen LogP contribution in [-0.2, 0) is 29.1 Å². The monoisotopic (exact) mass is 498 g/mol. The van der Waals surface area contributed by atoms with Crippen LogP contribution in [0.4, 0.5) is 11.4 Å². The number of likely N-dealkylation sites (N-methyl/N-ethyl adjacent to an activating group) is 1. The van der Waals surface area contributed by atoms with Crippen LogP contribution in [0, 0.1) is 16.0 Å². The quantitative estimate of drug-likeness (QED) is 0.304. The van der Waals surface area contributed by atoms with Crippen LogP contribution in [0.25, 0.3) is 0 Å². The molecule has 2 aliphatic heterocycles. The minimum Gasteiger partial charge on any atom is -0.452 e. The number of nitrogens with zero attached hydrogens (tertiary/aromatic N) is 4. The summed E-state index contributed by atoms with van der Waals surface area (Å²) >= 11 is 0. The molecule has 13 heteroatoms. The van der Waals surface area contributed by atoms with E-state index in [-0.39, 0.29) is 42.8 Å². The van der Waals surface area contributed by atoms with E-state index in [1.165, 1.54) is 28.3 Å². The average molecular weight is 499 g/mol. The molecule has 0 aliphatic carbocycles. The molecule has 0 aromatic heterocycles. The Morgan fingerprint density at radius 2 is 1.79 bits per heavy atom. The fourth-order valence-corrected chi connectivity index (χ4v) is 5.48. The second kappa shape index (κ2) is 10.7. The summed E-state index contributed by atoms with van der Waals surface area (Å²) in [4.78, 5) is 38.5. The van der Waals surface area contributed by atoms with Crippen molar-refractivity contribution in [3.8, 4) is 0 Å². The summed E-state index contributed by atoms with van der Waals surface area (Å²) in [6.45, 7) is 3.17. The van der Waals surface area contributed by atoms with E-state index in [4.69, 9.17) is 9.47 Å². The Morgan fingerprint density at radius 1 is 1.18 bits per heavy atom. The van der Waals surface area contributed by atoms with Crippen molar-refractivity contribution in [2.45, 2.75) is 30.8 Å². The third kappa shape index (κ3) is 5.65. The Balaban J connectivity index is 1.70. The number of nitro benzene ring substituents is 1. The maximum absolute atomic E-state index is 12.9. The lowest BCUT2D eigenvalue weighted by Gasteiger charge is -2.33. The topological polar surface area (TPSA) is 140 Å². The van der Waals surface area contributed by atoms with Crippen molar-refractivity contribution in [2.75, 3.05) is 58.4 Å². The summed E-state index contributed by atoms with van der Waals surface area (Å²) in [7, 11) is -0.714. The molecule has 1 atom stereocenters. The van der Waals surface area contributed by atoms with E-state index in [1.54, 1.807) is 19.0 Å². The van der Waals surface area contributed by atoms with Gasteiger partial charge in [-0.3, -0.25) is 19.7 Å². The fraction of sp³-hybridized carbons (Fsp3) is 0.619. The van der Waals surface area contributed by atoms with Gasteiger partial charge < -0.3 is 19.3 Å². The van der Waals surface area contributed by atoms with Crippen LogP contribution >= 0.6 is 0 Å². The molecule has 2 saturated heterocycles. The Morgan fingerprint density at radius 3 is 2.35 bits per heavy atom. The summed E-state index contributed by atoms with van der Waals surface area (Å²) in [5.74, 6) is -1.20. The smallest absolute Gasteiger partial charge is 0.309 e. The molecular weight excluding hydrogens is 468 g/mol. The number of benzene rings is 1. The molecule has 3 rings (SSSR count). The highest BCUT2D eigenvalue weighted by atomic mass is 32.2. The zero-order chi connectivity index (χ0) is 25.0. The van der Waals surface area contributed by atoms with Gasteiger partial charge in [0.2, 0.25) is 10.0 Å². The summed E-state index contributed by atoms with van der Waals surface area (Å²) in [6.07, 6.45) is -0.0955. The molecule has 0 spiro atoms. The predicted molar refractivity (Wildman–Crippen MR) is 122 cm³/mol. The first-order valence-electron chi connectivity index (χ1n) is 11.0. The Kier molecular flexibility index (Phi) is 8.10. The van der Waals surface area contributed by atoms with Crippen LogP contribution in [0.2, 0.25) is 0 Å². The van der Waals surface area contributed by atoms with Gasteiger partial charge in [0, 0.05) is 46.3 Å².